The van der Waals surface area contributed by atoms with E-state index >= 15 is 0 Å². The quantitative estimate of drug-likeness (QED) is 0.635. The average molecular weight is 216 g/mol. The molecule has 0 amide bonds. The van der Waals surface area contributed by atoms with Gasteiger partial charge >= 0.3 is 0 Å². The Kier molecular flexibility index (Phi) is 6.17. The fourth-order valence-electron chi connectivity index (χ4n) is 2.01. The van der Waals surface area contributed by atoms with Gasteiger partial charge in [0.25, 0.3) is 0 Å². The molecule has 4 heteroatoms. The van der Waals surface area contributed by atoms with Gasteiger partial charge in [0.05, 0.1) is 19.8 Å². The van der Waals surface area contributed by atoms with Crippen LogP contribution >= 0.6 is 0 Å². The van der Waals surface area contributed by atoms with Gasteiger partial charge in [0.2, 0.25) is 0 Å². The van der Waals surface area contributed by atoms with E-state index in [4.69, 9.17) is 9.84 Å². The van der Waals surface area contributed by atoms with Gasteiger partial charge in [0.15, 0.2) is 0 Å². The molecule has 1 rings (SSSR count). The molecule has 0 radical (unpaired) electrons. The molecule has 0 aromatic rings. The number of hydrogen-bond donors (Lipinski definition) is 1. The van der Waals surface area contributed by atoms with Crippen LogP contribution in [0, 0.1) is 0 Å². The standard InChI is InChI=1S/C11H24N2O2/c1-3-11-10-13(5-4-12(11)2)6-8-15-9-7-14/h11,14H,3-10H2,1-2H3. The Morgan fingerprint density at radius 1 is 1.33 bits per heavy atom. The first-order chi connectivity index (χ1) is 7.27. The summed E-state index contributed by atoms with van der Waals surface area (Å²) in [6.07, 6.45) is 1.21. The summed E-state index contributed by atoms with van der Waals surface area (Å²) in [6.45, 7) is 7.99. The van der Waals surface area contributed by atoms with Crippen LogP contribution in [0.3, 0.4) is 0 Å². The molecular formula is C11H24N2O2. The first kappa shape index (κ1) is 12.9. The van der Waals surface area contributed by atoms with Gasteiger partial charge in [0, 0.05) is 32.2 Å². The van der Waals surface area contributed by atoms with Crippen LogP contribution < -0.4 is 0 Å². The highest BCUT2D eigenvalue weighted by Gasteiger charge is 2.22. The maximum atomic E-state index is 8.57. The van der Waals surface area contributed by atoms with Crippen molar-refractivity contribution in [3.8, 4) is 0 Å². The normalized spacial score (nSPS) is 24.6. The highest BCUT2D eigenvalue weighted by molar-refractivity contribution is 4.78. The zero-order valence-corrected chi connectivity index (χ0v) is 9.98. The molecule has 0 aliphatic carbocycles. The summed E-state index contributed by atoms with van der Waals surface area (Å²) < 4.78 is 5.28. The number of rotatable bonds is 6. The van der Waals surface area contributed by atoms with Crippen molar-refractivity contribution in [1.29, 1.82) is 0 Å². The lowest BCUT2D eigenvalue weighted by Crippen LogP contribution is -2.51. The van der Waals surface area contributed by atoms with E-state index in [2.05, 4.69) is 23.8 Å². The largest absolute Gasteiger partial charge is 0.394 e. The number of piperazine rings is 1. The maximum absolute atomic E-state index is 8.57. The lowest BCUT2D eigenvalue weighted by atomic mass is 10.1. The van der Waals surface area contributed by atoms with Crippen LogP contribution in [-0.2, 0) is 4.74 Å². The van der Waals surface area contributed by atoms with E-state index in [9.17, 15) is 0 Å². The average Bonchev–Trinajstić information content (AvgIpc) is 2.26. The van der Waals surface area contributed by atoms with Gasteiger partial charge in [-0.1, -0.05) is 6.92 Å². The third kappa shape index (κ3) is 4.47. The van der Waals surface area contributed by atoms with Crippen LogP contribution in [0.5, 0.6) is 0 Å². The van der Waals surface area contributed by atoms with Gasteiger partial charge in [-0.05, 0) is 13.5 Å². The van der Waals surface area contributed by atoms with E-state index in [-0.39, 0.29) is 6.61 Å². The predicted molar refractivity (Wildman–Crippen MR) is 61.1 cm³/mol. The molecule has 1 saturated heterocycles. The van der Waals surface area contributed by atoms with Crippen molar-refractivity contribution in [2.24, 2.45) is 0 Å². The van der Waals surface area contributed by atoms with Crippen LogP contribution in [0.25, 0.3) is 0 Å². The Morgan fingerprint density at radius 2 is 2.13 bits per heavy atom. The SMILES string of the molecule is CCC1CN(CCOCCO)CCN1C. The molecule has 1 atom stereocenters. The first-order valence-electron chi connectivity index (χ1n) is 5.89. The molecule has 0 bridgehead atoms. The minimum Gasteiger partial charge on any atom is -0.394 e. The molecule has 90 valence electrons. The lowest BCUT2D eigenvalue weighted by Gasteiger charge is -2.39. The van der Waals surface area contributed by atoms with Crippen molar-refractivity contribution >= 4 is 0 Å². The zero-order valence-electron chi connectivity index (χ0n) is 9.98. The molecule has 1 unspecified atom stereocenters. The van der Waals surface area contributed by atoms with Crippen molar-refractivity contribution in [2.45, 2.75) is 19.4 Å². The van der Waals surface area contributed by atoms with Crippen LogP contribution in [0.15, 0.2) is 0 Å². The third-order valence-corrected chi connectivity index (χ3v) is 3.12. The molecule has 1 aliphatic rings. The van der Waals surface area contributed by atoms with Crippen LogP contribution in [0.4, 0.5) is 0 Å². The lowest BCUT2D eigenvalue weighted by molar-refractivity contribution is 0.0443. The molecule has 1 aliphatic heterocycles. The van der Waals surface area contributed by atoms with E-state index in [0.29, 0.717) is 12.6 Å². The van der Waals surface area contributed by atoms with Gasteiger partial charge < -0.3 is 14.7 Å². The van der Waals surface area contributed by atoms with Gasteiger partial charge in [-0.25, -0.2) is 0 Å². The van der Waals surface area contributed by atoms with Crippen molar-refractivity contribution in [2.75, 3.05) is 53.0 Å². The topological polar surface area (TPSA) is 35.9 Å². The number of hydrogen-bond acceptors (Lipinski definition) is 4. The predicted octanol–water partition coefficient (Wildman–Crippen LogP) is 0.0213. The Morgan fingerprint density at radius 3 is 2.80 bits per heavy atom. The molecule has 0 aromatic carbocycles. The number of nitrogens with zero attached hydrogens (tertiary/aromatic N) is 2. The number of aliphatic hydroxyl groups is 1. The van der Waals surface area contributed by atoms with Crippen molar-refractivity contribution < 1.29 is 9.84 Å². The second-order valence-electron chi connectivity index (χ2n) is 4.18. The summed E-state index contributed by atoms with van der Waals surface area (Å²) in [4.78, 5) is 4.89. The molecule has 1 fully saturated rings. The highest BCUT2D eigenvalue weighted by atomic mass is 16.5. The second kappa shape index (κ2) is 7.17. The van der Waals surface area contributed by atoms with Crippen molar-refractivity contribution in [1.82, 2.24) is 9.80 Å². The molecule has 1 heterocycles. The monoisotopic (exact) mass is 216 g/mol. The Bertz CT molecular complexity index is 167. The van der Waals surface area contributed by atoms with E-state index in [1.54, 1.807) is 0 Å². The third-order valence-electron chi connectivity index (χ3n) is 3.12. The first-order valence-corrected chi connectivity index (χ1v) is 5.89. The molecule has 0 saturated carbocycles. The van der Waals surface area contributed by atoms with E-state index < -0.39 is 0 Å². The smallest absolute Gasteiger partial charge is 0.0698 e. The van der Waals surface area contributed by atoms with E-state index in [1.807, 2.05) is 0 Å². The molecule has 0 spiro atoms. The maximum Gasteiger partial charge on any atom is 0.0698 e. The molecule has 0 aromatic heterocycles. The number of aliphatic hydroxyl groups excluding tert-OH is 1. The van der Waals surface area contributed by atoms with Crippen LogP contribution in [0.1, 0.15) is 13.3 Å². The van der Waals surface area contributed by atoms with Gasteiger partial charge in [-0.15, -0.1) is 0 Å². The molecule has 15 heavy (non-hydrogen) atoms. The zero-order chi connectivity index (χ0) is 11.1. The summed E-state index contributed by atoms with van der Waals surface area (Å²) in [5.74, 6) is 0. The highest BCUT2D eigenvalue weighted by Crippen LogP contribution is 2.09. The molecule has 1 N–H and O–H groups in total. The molecular weight excluding hydrogens is 192 g/mol. The summed E-state index contributed by atoms with van der Waals surface area (Å²) in [6, 6.07) is 0.691. The van der Waals surface area contributed by atoms with E-state index in [0.717, 1.165) is 32.8 Å². The van der Waals surface area contributed by atoms with Crippen molar-refractivity contribution in [3.05, 3.63) is 0 Å². The fraction of sp³-hybridized carbons (Fsp3) is 1.00. The Labute approximate surface area is 92.8 Å². The number of ether oxygens (including phenoxy) is 1. The van der Waals surface area contributed by atoms with Gasteiger partial charge in [0.1, 0.15) is 0 Å². The second-order valence-corrected chi connectivity index (χ2v) is 4.18. The van der Waals surface area contributed by atoms with E-state index in [1.165, 1.54) is 6.42 Å². The minimum atomic E-state index is 0.125. The summed E-state index contributed by atoms with van der Waals surface area (Å²) in [5.41, 5.74) is 0. The summed E-state index contributed by atoms with van der Waals surface area (Å²) in [7, 11) is 2.20. The van der Waals surface area contributed by atoms with Gasteiger partial charge in [-0.2, -0.15) is 0 Å². The van der Waals surface area contributed by atoms with Crippen LogP contribution in [0.2, 0.25) is 0 Å². The van der Waals surface area contributed by atoms with Gasteiger partial charge in [-0.3, -0.25) is 4.90 Å². The fourth-order valence-corrected chi connectivity index (χ4v) is 2.01. The number of likely N-dealkylation sites (N-methyl/N-ethyl adjacent to an activating group) is 1. The molecule has 4 nitrogen and oxygen atoms in total. The van der Waals surface area contributed by atoms with Crippen molar-refractivity contribution in [3.63, 3.8) is 0 Å². The summed E-state index contributed by atoms with van der Waals surface area (Å²) >= 11 is 0. The Balaban J connectivity index is 2.14. The minimum absolute atomic E-state index is 0.125. The summed E-state index contributed by atoms with van der Waals surface area (Å²) in [5, 5.41) is 8.57. The Hall–Kier alpha value is -0.160. The van der Waals surface area contributed by atoms with Crippen LogP contribution in [-0.4, -0.2) is 74.0 Å².